The second kappa shape index (κ2) is 9.05. The second-order valence-electron chi connectivity index (χ2n) is 6.76. The van der Waals surface area contributed by atoms with Crippen molar-refractivity contribution in [3.63, 3.8) is 0 Å². The molecule has 1 aromatic heterocycles. The van der Waals surface area contributed by atoms with Gasteiger partial charge in [0.05, 0.1) is 0 Å². The van der Waals surface area contributed by atoms with Crippen LogP contribution in [0, 0.1) is 0 Å². The number of primary amides is 1. The molecule has 0 aliphatic carbocycles. The van der Waals surface area contributed by atoms with Gasteiger partial charge in [0.15, 0.2) is 0 Å². The Labute approximate surface area is 168 Å². The highest BCUT2D eigenvalue weighted by molar-refractivity contribution is 5.97. The van der Waals surface area contributed by atoms with E-state index in [0.717, 1.165) is 5.82 Å². The molecule has 2 heterocycles. The maximum Gasteiger partial charge on any atom is 0.318 e. The SMILES string of the molecule is C[C@H](NC(=O)N1CCN(c2ccccn2)CC1)C(=O)Nc1ccc(C(N)=O)cc1. The molecular formula is C20H24N6O3. The maximum atomic E-state index is 12.5. The lowest BCUT2D eigenvalue weighted by molar-refractivity contribution is -0.117. The molecule has 4 amide bonds. The number of piperazine rings is 1. The second-order valence-corrected chi connectivity index (χ2v) is 6.76. The van der Waals surface area contributed by atoms with Crippen molar-refractivity contribution in [2.45, 2.75) is 13.0 Å². The van der Waals surface area contributed by atoms with Crippen molar-refractivity contribution < 1.29 is 14.4 Å². The van der Waals surface area contributed by atoms with E-state index in [1.54, 1.807) is 30.2 Å². The molecule has 1 fully saturated rings. The fourth-order valence-electron chi connectivity index (χ4n) is 2.99. The zero-order chi connectivity index (χ0) is 20.8. The first kappa shape index (κ1) is 20.1. The van der Waals surface area contributed by atoms with Crippen molar-refractivity contribution in [2.75, 3.05) is 36.4 Å². The standard InChI is InChI=1S/C20H24N6O3/c1-14(19(28)24-16-7-5-15(6-8-16)18(21)27)23-20(29)26-12-10-25(11-13-26)17-4-2-3-9-22-17/h2-9,14H,10-13H2,1H3,(H2,21,27)(H,23,29)(H,24,28)/t14-/m0/s1. The van der Waals surface area contributed by atoms with Crippen LogP contribution in [0.15, 0.2) is 48.7 Å². The number of hydrogen-bond donors (Lipinski definition) is 3. The van der Waals surface area contributed by atoms with Crippen LogP contribution in [-0.2, 0) is 4.79 Å². The molecule has 0 saturated carbocycles. The Morgan fingerprint density at radius 1 is 1.03 bits per heavy atom. The molecule has 1 aromatic carbocycles. The van der Waals surface area contributed by atoms with E-state index in [4.69, 9.17) is 5.73 Å². The molecule has 0 spiro atoms. The van der Waals surface area contributed by atoms with Crippen LogP contribution < -0.4 is 21.3 Å². The minimum Gasteiger partial charge on any atom is -0.366 e. The first-order chi connectivity index (χ1) is 13.9. The van der Waals surface area contributed by atoms with E-state index >= 15 is 0 Å². The van der Waals surface area contributed by atoms with Crippen LogP contribution in [0.1, 0.15) is 17.3 Å². The van der Waals surface area contributed by atoms with Crippen LogP contribution in [-0.4, -0.2) is 60.0 Å². The van der Waals surface area contributed by atoms with Gasteiger partial charge in [-0.1, -0.05) is 6.07 Å². The number of benzene rings is 1. The van der Waals surface area contributed by atoms with Crippen LogP contribution in [0.3, 0.4) is 0 Å². The lowest BCUT2D eigenvalue weighted by atomic mass is 10.2. The topological polar surface area (TPSA) is 121 Å². The molecule has 29 heavy (non-hydrogen) atoms. The molecule has 3 rings (SSSR count). The third-order valence-corrected chi connectivity index (χ3v) is 4.71. The van der Waals surface area contributed by atoms with Crippen molar-refractivity contribution >= 4 is 29.4 Å². The summed E-state index contributed by atoms with van der Waals surface area (Å²) in [6.07, 6.45) is 1.75. The number of rotatable bonds is 5. The van der Waals surface area contributed by atoms with E-state index < -0.39 is 11.9 Å². The third-order valence-electron chi connectivity index (χ3n) is 4.71. The zero-order valence-corrected chi connectivity index (χ0v) is 16.2. The summed E-state index contributed by atoms with van der Waals surface area (Å²) in [7, 11) is 0. The fraction of sp³-hybridized carbons (Fsp3) is 0.300. The number of urea groups is 1. The maximum absolute atomic E-state index is 12.5. The number of nitrogens with two attached hydrogens (primary N) is 1. The number of nitrogens with zero attached hydrogens (tertiary/aromatic N) is 3. The minimum atomic E-state index is -0.716. The highest BCUT2D eigenvalue weighted by Gasteiger charge is 2.24. The van der Waals surface area contributed by atoms with Gasteiger partial charge >= 0.3 is 6.03 Å². The van der Waals surface area contributed by atoms with Gasteiger partial charge in [-0.3, -0.25) is 9.59 Å². The van der Waals surface area contributed by atoms with E-state index in [2.05, 4.69) is 20.5 Å². The van der Waals surface area contributed by atoms with E-state index in [1.165, 1.54) is 12.1 Å². The number of carbonyl (C=O) groups excluding carboxylic acids is 3. The fourth-order valence-corrected chi connectivity index (χ4v) is 2.99. The first-order valence-electron chi connectivity index (χ1n) is 9.36. The molecule has 1 saturated heterocycles. The number of aromatic nitrogens is 1. The number of pyridine rings is 1. The molecule has 1 aliphatic heterocycles. The summed E-state index contributed by atoms with van der Waals surface area (Å²) >= 11 is 0. The highest BCUT2D eigenvalue weighted by Crippen LogP contribution is 2.13. The summed E-state index contributed by atoms with van der Waals surface area (Å²) < 4.78 is 0. The summed E-state index contributed by atoms with van der Waals surface area (Å²) in [6, 6.07) is 11.0. The van der Waals surface area contributed by atoms with E-state index in [1.807, 2.05) is 18.2 Å². The van der Waals surface area contributed by atoms with Gasteiger partial charge in [0.2, 0.25) is 11.8 Å². The van der Waals surface area contributed by atoms with Gasteiger partial charge in [-0.25, -0.2) is 9.78 Å². The lowest BCUT2D eigenvalue weighted by Gasteiger charge is -2.35. The van der Waals surface area contributed by atoms with Gasteiger partial charge in [0.1, 0.15) is 11.9 Å². The molecule has 0 bridgehead atoms. The van der Waals surface area contributed by atoms with Gasteiger partial charge in [0.25, 0.3) is 0 Å². The molecule has 0 unspecified atom stereocenters. The van der Waals surface area contributed by atoms with Crippen molar-refractivity contribution in [1.82, 2.24) is 15.2 Å². The van der Waals surface area contributed by atoms with Gasteiger partial charge in [0, 0.05) is 43.6 Å². The number of carbonyl (C=O) groups is 3. The molecule has 9 nitrogen and oxygen atoms in total. The molecular weight excluding hydrogens is 372 g/mol. The number of anilines is 2. The Balaban J connectivity index is 1.47. The van der Waals surface area contributed by atoms with Crippen LogP contribution in [0.2, 0.25) is 0 Å². The Morgan fingerprint density at radius 3 is 2.31 bits per heavy atom. The number of amides is 4. The predicted octanol–water partition coefficient (Wildman–Crippen LogP) is 1.04. The van der Waals surface area contributed by atoms with Crippen molar-refractivity contribution in [1.29, 1.82) is 0 Å². The minimum absolute atomic E-state index is 0.280. The lowest BCUT2D eigenvalue weighted by Crippen LogP contribution is -2.54. The van der Waals surface area contributed by atoms with Crippen LogP contribution in [0.4, 0.5) is 16.3 Å². The van der Waals surface area contributed by atoms with Gasteiger partial charge < -0.3 is 26.2 Å². The van der Waals surface area contributed by atoms with Gasteiger partial charge in [-0.2, -0.15) is 0 Å². The summed E-state index contributed by atoms with van der Waals surface area (Å²) in [4.78, 5) is 44.0. The normalized spacial score (nSPS) is 14.8. The Bertz CT molecular complexity index is 864. The van der Waals surface area contributed by atoms with Crippen molar-refractivity contribution in [2.24, 2.45) is 5.73 Å². The van der Waals surface area contributed by atoms with E-state index in [9.17, 15) is 14.4 Å². The van der Waals surface area contributed by atoms with Gasteiger partial charge in [-0.15, -0.1) is 0 Å². The molecule has 152 valence electrons. The first-order valence-corrected chi connectivity index (χ1v) is 9.36. The number of hydrogen-bond acceptors (Lipinski definition) is 5. The Kier molecular flexibility index (Phi) is 6.28. The quantitative estimate of drug-likeness (QED) is 0.697. The molecule has 4 N–H and O–H groups in total. The Hall–Kier alpha value is -3.62. The summed E-state index contributed by atoms with van der Waals surface area (Å²) in [5.41, 5.74) is 6.07. The molecule has 9 heteroatoms. The monoisotopic (exact) mass is 396 g/mol. The van der Waals surface area contributed by atoms with Crippen molar-refractivity contribution in [3.05, 3.63) is 54.2 Å². The average Bonchev–Trinajstić information content (AvgIpc) is 2.74. The highest BCUT2D eigenvalue weighted by atomic mass is 16.2. The zero-order valence-electron chi connectivity index (χ0n) is 16.2. The summed E-state index contributed by atoms with van der Waals surface area (Å²) in [5, 5.41) is 5.42. The molecule has 1 atom stereocenters. The van der Waals surface area contributed by atoms with E-state index in [-0.39, 0.29) is 11.9 Å². The molecule has 2 aromatic rings. The van der Waals surface area contributed by atoms with Crippen LogP contribution in [0.25, 0.3) is 0 Å². The molecule has 1 aliphatic rings. The smallest absolute Gasteiger partial charge is 0.318 e. The molecule has 0 radical (unpaired) electrons. The van der Waals surface area contributed by atoms with E-state index in [0.29, 0.717) is 37.4 Å². The predicted molar refractivity (Wildman–Crippen MR) is 110 cm³/mol. The Morgan fingerprint density at radius 2 is 1.72 bits per heavy atom. The summed E-state index contributed by atoms with van der Waals surface area (Å²) in [5.74, 6) is 0.00612. The van der Waals surface area contributed by atoms with Crippen molar-refractivity contribution in [3.8, 4) is 0 Å². The van der Waals surface area contributed by atoms with Crippen LogP contribution in [0.5, 0.6) is 0 Å². The van der Waals surface area contributed by atoms with Crippen LogP contribution >= 0.6 is 0 Å². The van der Waals surface area contributed by atoms with Gasteiger partial charge in [-0.05, 0) is 43.3 Å². The summed E-state index contributed by atoms with van der Waals surface area (Å²) in [6.45, 7) is 4.07. The number of nitrogens with one attached hydrogen (secondary N) is 2. The largest absolute Gasteiger partial charge is 0.366 e. The average molecular weight is 396 g/mol. The third kappa shape index (κ3) is 5.22.